The lowest BCUT2D eigenvalue weighted by molar-refractivity contribution is -0.135. The van der Waals surface area contributed by atoms with Gasteiger partial charge in [-0.2, -0.15) is 13.2 Å². The van der Waals surface area contributed by atoms with E-state index in [9.17, 15) is 18.0 Å². The molecule has 0 saturated heterocycles. The van der Waals surface area contributed by atoms with E-state index < -0.39 is 12.6 Å². The van der Waals surface area contributed by atoms with Gasteiger partial charge in [0.1, 0.15) is 0 Å². The standard InChI is InChI=1S/C11H9Br2F3O/c12-7-3-4-8(9(13)6-7)10(17)2-1-5-11(14,15)16/h3-4,6H,1-2,5H2. The molecular weight excluding hydrogens is 365 g/mol. The molecule has 17 heavy (non-hydrogen) atoms. The number of halogens is 5. The summed E-state index contributed by atoms with van der Waals surface area (Å²) in [5.74, 6) is -0.284. The molecule has 0 heterocycles. The van der Waals surface area contributed by atoms with E-state index in [-0.39, 0.29) is 18.6 Å². The number of hydrogen-bond acceptors (Lipinski definition) is 1. The average molecular weight is 374 g/mol. The van der Waals surface area contributed by atoms with Gasteiger partial charge in [-0.25, -0.2) is 0 Å². The van der Waals surface area contributed by atoms with Crippen LogP contribution in [-0.2, 0) is 0 Å². The Balaban J connectivity index is 2.59. The highest BCUT2D eigenvalue weighted by Gasteiger charge is 2.26. The molecule has 1 aromatic rings. The molecule has 0 atom stereocenters. The molecule has 0 amide bonds. The first kappa shape index (κ1) is 14.7. The molecule has 0 aliphatic rings. The van der Waals surface area contributed by atoms with Gasteiger partial charge in [-0.15, -0.1) is 0 Å². The lowest BCUT2D eigenvalue weighted by atomic mass is 10.1. The van der Waals surface area contributed by atoms with Crippen molar-refractivity contribution in [2.45, 2.75) is 25.4 Å². The second kappa shape index (κ2) is 6.00. The lowest BCUT2D eigenvalue weighted by Crippen LogP contribution is -2.08. The summed E-state index contributed by atoms with van der Waals surface area (Å²) < 4.78 is 37.1. The minimum absolute atomic E-state index is 0.0975. The van der Waals surface area contributed by atoms with Crippen molar-refractivity contribution in [1.82, 2.24) is 0 Å². The summed E-state index contributed by atoms with van der Waals surface area (Å²) in [5.41, 5.74) is 0.412. The van der Waals surface area contributed by atoms with Gasteiger partial charge in [0, 0.05) is 27.4 Å². The van der Waals surface area contributed by atoms with E-state index in [2.05, 4.69) is 31.9 Å². The molecule has 1 aromatic carbocycles. The SMILES string of the molecule is O=C(CCCC(F)(F)F)c1ccc(Br)cc1Br. The number of alkyl halides is 3. The molecule has 6 heteroatoms. The Morgan fingerprint density at radius 2 is 1.88 bits per heavy atom. The Labute approximate surface area is 114 Å². The van der Waals surface area contributed by atoms with Crippen LogP contribution in [0.4, 0.5) is 13.2 Å². The van der Waals surface area contributed by atoms with Crippen LogP contribution >= 0.6 is 31.9 Å². The molecule has 0 aliphatic heterocycles. The van der Waals surface area contributed by atoms with E-state index in [0.29, 0.717) is 10.0 Å². The van der Waals surface area contributed by atoms with Gasteiger partial charge in [0.05, 0.1) is 0 Å². The molecule has 0 fully saturated rings. The third kappa shape index (κ3) is 5.21. The Hall–Kier alpha value is -0.360. The molecule has 0 aromatic heterocycles. The Morgan fingerprint density at radius 3 is 2.41 bits per heavy atom. The van der Waals surface area contributed by atoms with Gasteiger partial charge >= 0.3 is 6.18 Å². The van der Waals surface area contributed by atoms with E-state index in [4.69, 9.17) is 0 Å². The quantitative estimate of drug-likeness (QED) is 0.669. The van der Waals surface area contributed by atoms with Crippen LogP contribution in [0.5, 0.6) is 0 Å². The van der Waals surface area contributed by atoms with Crippen LogP contribution in [0, 0.1) is 0 Å². The molecule has 1 nitrogen and oxygen atoms in total. The van der Waals surface area contributed by atoms with Gasteiger partial charge < -0.3 is 0 Å². The van der Waals surface area contributed by atoms with Gasteiger partial charge in [-0.3, -0.25) is 4.79 Å². The van der Waals surface area contributed by atoms with Crippen molar-refractivity contribution in [2.24, 2.45) is 0 Å². The van der Waals surface area contributed by atoms with Crippen molar-refractivity contribution in [2.75, 3.05) is 0 Å². The Kier molecular flexibility index (Phi) is 5.19. The zero-order valence-corrected chi connectivity index (χ0v) is 11.8. The molecular formula is C11H9Br2F3O. The van der Waals surface area contributed by atoms with E-state index in [1.807, 2.05) is 0 Å². The predicted octanol–water partition coefficient (Wildman–Crippen LogP) is 5.13. The van der Waals surface area contributed by atoms with Crippen LogP contribution < -0.4 is 0 Å². The Morgan fingerprint density at radius 1 is 1.24 bits per heavy atom. The second-order valence-electron chi connectivity index (χ2n) is 3.52. The monoisotopic (exact) mass is 372 g/mol. The van der Waals surface area contributed by atoms with Crippen LogP contribution in [0.2, 0.25) is 0 Å². The largest absolute Gasteiger partial charge is 0.389 e. The van der Waals surface area contributed by atoms with E-state index in [1.165, 1.54) is 0 Å². The van der Waals surface area contributed by atoms with Crippen LogP contribution in [-0.4, -0.2) is 12.0 Å². The van der Waals surface area contributed by atoms with Crippen LogP contribution in [0.1, 0.15) is 29.6 Å². The minimum atomic E-state index is -4.20. The summed E-state index contributed by atoms with van der Waals surface area (Å²) in [6.45, 7) is 0. The van der Waals surface area contributed by atoms with Crippen molar-refractivity contribution in [3.8, 4) is 0 Å². The van der Waals surface area contributed by atoms with E-state index >= 15 is 0 Å². The number of carbonyl (C=O) groups excluding carboxylic acids is 1. The van der Waals surface area contributed by atoms with E-state index in [1.54, 1.807) is 18.2 Å². The summed E-state index contributed by atoms with van der Waals surface area (Å²) in [4.78, 5) is 11.7. The smallest absolute Gasteiger partial charge is 0.294 e. The molecule has 0 saturated carbocycles. The fourth-order valence-electron chi connectivity index (χ4n) is 1.30. The highest BCUT2D eigenvalue weighted by molar-refractivity contribution is 9.11. The number of rotatable bonds is 4. The summed E-state index contributed by atoms with van der Waals surface area (Å²) in [6, 6.07) is 4.96. The number of carbonyl (C=O) groups is 1. The van der Waals surface area contributed by atoms with Crippen molar-refractivity contribution < 1.29 is 18.0 Å². The van der Waals surface area contributed by atoms with Crippen LogP contribution in [0.25, 0.3) is 0 Å². The lowest BCUT2D eigenvalue weighted by Gasteiger charge is -2.06. The maximum absolute atomic E-state index is 11.9. The maximum atomic E-state index is 11.9. The summed E-state index contributed by atoms with van der Waals surface area (Å²) in [6.07, 6.45) is -5.39. The molecule has 0 radical (unpaired) electrons. The third-order valence-electron chi connectivity index (χ3n) is 2.10. The topological polar surface area (TPSA) is 17.1 Å². The maximum Gasteiger partial charge on any atom is 0.389 e. The molecule has 0 spiro atoms. The van der Waals surface area contributed by atoms with Crippen LogP contribution in [0.3, 0.4) is 0 Å². The van der Waals surface area contributed by atoms with Gasteiger partial charge in [0.2, 0.25) is 0 Å². The predicted molar refractivity (Wildman–Crippen MR) is 66.1 cm³/mol. The minimum Gasteiger partial charge on any atom is -0.294 e. The number of ketones is 1. The Bertz CT molecular complexity index is 416. The number of benzene rings is 1. The van der Waals surface area contributed by atoms with Crippen LogP contribution in [0.15, 0.2) is 27.1 Å². The van der Waals surface area contributed by atoms with Gasteiger partial charge in [-0.05, 0) is 24.6 Å². The van der Waals surface area contributed by atoms with Crippen molar-refractivity contribution in [1.29, 1.82) is 0 Å². The molecule has 0 unspecified atom stereocenters. The average Bonchev–Trinajstić information content (AvgIpc) is 2.15. The van der Waals surface area contributed by atoms with E-state index in [0.717, 1.165) is 4.47 Å². The first-order valence-electron chi connectivity index (χ1n) is 4.84. The van der Waals surface area contributed by atoms with Crippen molar-refractivity contribution in [3.63, 3.8) is 0 Å². The van der Waals surface area contributed by atoms with Gasteiger partial charge in [0.25, 0.3) is 0 Å². The van der Waals surface area contributed by atoms with Gasteiger partial charge in [-0.1, -0.05) is 31.9 Å². The first-order chi connectivity index (χ1) is 7.79. The summed E-state index contributed by atoms with van der Waals surface area (Å²) >= 11 is 6.44. The third-order valence-corrected chi connectivity index (χ3v) is 3.24. The molecule has 1 rings (SSSR count). The first-order valence-corrected chi connectivity index (χ1v) is 6.43. The van der Waals surface area contributed by atoms with Gasteiger partial charge in [0.15, 0.2) is 5.78 Å². The fourth-order valence-corrected chi connectivity index (χ4v) is 2.57. The molecule has 0 aliphatic carbocycles. The zero-order chi connectivity index (χ0) is 13.1. The molecule has 0 bridgehead atoms. The highest BCUT2D eigenvalue weighted by atomic mass is 79.9. The summed E-state index contributed by atoms with van der Waals surface area (Å²) in [5, 5.41) is 0. The number of Topliss-reactive ketones (excluding diaryl/α,β-unsaturated/α-hetero) is 1. The molecule has 94 valence electrons. The van der Waals surface area contributed by atoms with Crippen molar-refractivity contribution >= 4 is 37.6 Å². The summed E-state index contributed by atoms with van der Waals surface area (Å²) in [7, 11) is 0. The fraction of sp³-hybridized carbons (Fsp3) is 0.364. The zero-order valence-electron chi connectivity index (χ0n) is 8.65. The molecule has 0 N–H and O–H groups in total. The normalized spacial score (nSPS) is 11.6. The van der Waals surface area contributed by atoms with Crippen molar-refractivity contribution in [3.05, 3.63) is 32.7 Å². The second-order valence-corrected chi connectivity index (χ2v) is 5.29. The highest BCUT2D eigenvalue weighted by Crippen LogP contribution is 2.26. The number of hydrogen-bond donors (Lipinski definition) is 0.